The van der Waals surface area contributed by atoms with E-state index in [4.69, 9.17) is 20.8 Å². The molecule has 0 aliphatic carbocycles. The van der Waals surface area contributed by atoms with E-state index >= 15 is 0 Å². The number of anilines is 1. The number of hydrogen-bond donors (Lipinski definition) is 1. The van der Waals surface area contributed by atoms with E-state index in [0.29, 0.717) is 21.9 Å². The summed E-state index contributed by atoms with van der Waals surface area (Å²) in [5.41, 5.74) is 1.38. The lowest BCUT2D eigenvalue weighted by Gasteiger charge is -2.06. The van der Waals surface area contributed by atoms with E-state index in [-0.39, 0.29) is 5.56 Å². The number of oxazole rings is 1. The van der Waals surface area contributed by atoms with Crippen LogP contribution in [-0.4, -0.2) is 28.5 Å². The first-order chi connectivity index (χ1) is 11.1. The summed E-state index contributed by atoms with van der Waals surface area (Å²) in [5.74, 6) is -0.815. The highest BCUT2D eigenvalue weighted by Crippen LogP contribution is 2.15. The Balaban J connectivity index is 1.57. The van der Waals surface area contributed by atoms with Crippen molar-refractivity contribution in [3.8, 4) is 0 Å². The Hall–Kier alpha value is -2.93. The van der Waals surface area contributed by atoms with Gasteiger partial charge in [-0.15, -0.1) is 0 Å². The van der Waals surface area contributed by atoms with Gasteiger partial charge in [-0.3, -0.25) is 4.79 Å². The van der Waals surface area contributed by atoms with Gasteiger partial charge >= 0.3 is 5.97 Å². The molecule has 2 aromatic heterocycles. The number of aromatic nitrogens is 2. The van der Waals surface area contributed by atoms with Crippen LogP contribution < -0.4 is 5.32 Å². The molecule has 0 spiro atoms. The van der Waals surface area contributed by atoms with E-state index < -0.39 is 18.5 Å². The number of pyridine rings is 1. The normalized spacial score (nSPS) is 10.5. The quantitative estimate of drug-likeness (QED) is 0.739. The molecule has 23 heavy (non-hydrogen) atoms. The number of nitrogens with one attached hydrogen (secondary N) is 1. The molecular weight excluding hydrogens is 322 g/mol. The maximum atomic E-state index is 11.9. The second kappa shape index (κ2) is 6.45. The predicted octanol–water partition coefficient (Wildman–Crippen LogP) is 2.67. The van der Waals surface area contributed by atoms with Crippen LogP contribution in [0.5, 0.6) is 0 Å². The molecule has 2 heterocycles. The molecule has 0 fully saturated rings. The molecule has 1 aromatic carbocycles. The first-order valence-electron chi connectivity index (χ1n) is 6.53. The highest BCUT2D eigenvalue weighted by molar-refractivity contribution is 6.30. The highest BCUT2D eigenvalue weighted by atomic mass is 35.5. The summed E-state index contributed by atoms with van der Waals surface area (Å²) in [6.45, 7) is -0.431. The Labute approximate surface area is 135 Å². The van der Waals surface area contributed by atoms with Gasteiger partial charge in [0.1, 0.15) is 11.3 Å². The molecular formula is C15H10ClN3O4. The van der Waals surface area contributed by atoms with Gasteiger partial charge in [-0.25, -0.2) is 14.8 Å². The van der Waals surface area contributed by atoms with Gasteiger partial charge < -0.3 is 14.5 Å². The van der Waals surface area contributed by atoms with Crippen LogP contribution in [0.15, 0.2) is 47.3 Å². The minimum Gasteiger partial charge on any atom is -0.452 e. The van der Waals surface area contributed by atoms with Crippen LogP contribution >= 0.6 is 11.6 Å². The molecule has 0 saturated heterocycles. The lowest BCUT2D eigenvalue weighted by Crippen LogP contribution is -2.21. The fraction of sp³-hybridized carbons (Fsp3) is 0.0667. The Morgan fingerprint density at radius 3 is 2.87 bits per heavy atom. The molecule has 0 saturated carbocycles. The zero-order chi connectivity index (χ0) is 16.2. The largest absolute Gasteiger partial charge is 0.452 e. The van der Waals surface area contributed by atoms with Gasteiger partial charge in [0.05, 0.1) is 10.6 Å². The smallest absolute Gasteiger partial charge is 0.338 e. The molecule has 0 aliphatic rings. The summed E-state index contributed by atoms with van der Waals surface area (Å²) in [6.07, 6.45) is 2.68. The van der Waals surface area contributed by atoms with Crippen LogP contribution in [0.4, 0.5) is 5.82 Å². The first kappa shape index (κ1) is 15.0. The highest BCUT2D eigenvalue weighted by Gasteiger charge is 2.12. The summed E-state index contributed by atoms with van der Waals surface area (Å²) in [4.78, 5) is 31.5. The van der Waals surface area contributed by atoms with Crippen LogP contribution in [-0.2, 0) is 9.53 Å². The molecule has 0 atom stereocenters. The fourth-order valence-corrected chi connectivity index (χ4v) is 1.94. The number of halogens is 1. The Kier molecular flexibility index (Phi) is 4.20. The second-order valence-electron chi connectivity index (χ2n) is 4.52. The summed E-state index contributed by atoms with van der Waals surface area (Å²) in [6, 6.07) is 7.80. The van der Waals surface area contributed by atoms with Crippen molar-refractivity contribution in [1.82, 2.24) is 9.97 Å². The van der Waals surface area contributed by atoms with Gasteiger partial charge in [-0.1, -0.05) is 11.6 Å². The summed E-state index contributed by atoms with van der Waals surface area (Å²) in [5, 5.41) is 2.94. The molecule has 7 nitrogen and oxygen atoms in total. The van der Waals surface area contributed by atoms with E-state index in [1.165, 1.54) is 24.7 Å². The van der Waals surface area contributed by atoms with Crippen molar-refractivity contribution in [1.29, 1.82) is 0 Å². The van der Waals surface area contributed by atoms with E-state index in [1.807, 2.05) is 0 Å². The zero-order valence-electron chi connectivity index (χ0n) is 11.7. The van der Waals surface area contributed by atoms with Crippen molar-refractivity contribution in [3.63, 3.8) is 0 Å². The van der Waals surface area contributed by atoms with Gasteiger partial charge in [0.15, 0.2) is 18.6 Å². The molecule has 3 aromatic rings. The average Bonchev–Trinajstić information content (AvgIpc) is 3.02. The van der Waals surface area contributed by atoms with Gasteiger partial charge in [0.25, 0.3) is 5.91 Å². The van der Waals surface area contributed by atoms with Crippen molar-refractivity contribution < 1.29 is 18.7 Å². The minimum atomic E-state index is -0.630. The number of nitrogens with zero attached hydrogens (tertiary/aromatic N) is 2. The number of benzene rings is 1. The Morgan fingerprint density at radius 2 is 2.09 bits per heavy atom. The third-order valence-corrected chi connectivity index (χ3v) is 3.12. The number of rotatable bonds is 4. The number of carbonyl (C=O) groups excluding carboxylic acids is 2. The third kappa shape index (κ3) is 3.64. The predicted molar refractivity (Wildman–Crippen MR) is 82.2 cm³/mol. The topological polar surface area (TPSA) is 94.3 Å². The lowest BCUT2D eigenvalue weighted by molar-refractivity contribution is -0.119. The number of hydrogen-bond acceptors (Lipinski definition) is 6. The molecule has 8 heteroatoms. The SMILES string of the molecule is O=C(COC(=O)c1ccc2ocnc2c1)Nc1ccc(Cl)cn1. The van der Waals surface area contributed by atoms with Crippen molar-refractivity contribution >= 4 is 40.4 Å². The Bertz CT molecular complexity index is 861. The maximum absolute atomic E-state index is 11.9. The van der Waals surface area contributed by atoms with Crippen LogP contribution in [0.3, 0.4) is 0 Å². The van der Waals surface area contributed by atoms with E-state index in [1.54, 1.807) is 18.2 Å². The number of esters is 1. The van der Waals surface area contributed by atoms with Gasteiger partial charge in [-0.05, 0) is 30.3 Å². The third-order valence-electron chi connectivity index (χ3n) is 2.90. The molecule has 0 unspecified atom stereocenters. The molecule has 0 aliphatic heterocycles. The molecule has 1 amide bonds. The Morgan fingerprint density at radius 1 is 1.22 bits per heavy atom. The summed E-state index contributed by atoms with van der Waals surface area (Å²) < 4.78 is 10.0. The van der Waals surface area contributed by atoms with E-state index in [0.717, 1.165) is 0 Å². The van der Waals surface area contributed by atoms with Crippen molar-refractivity contribution in [2.75, 3.05) is 11.9 Å². The minimum absolute atomic E-state index is 0.281. The summed E-state index contributed by atoms with van der Waals surface area (Å²) in [7, 11) is 0. The number of ether oxygens (including phenoxy) is 1. The van der Waals surface area contributed by atoms with Crippen LogP contribution in [0, 0.1) is 0 Å². The molecule has 0 radical (unpaired) electrons. The van der Waals surface area contributed by atoms with Crippen molar-refractivity contribution in [2.45, 2.75) is 0 Å². The van der Waals surface area contributed by atoms with E-state index in [2.05, 4.69) is 15.3 Å². The van der Waals surface area contributed by atoms with Gasteiger partial charge in [0, 0.05) is 6.20 Å². The lowest BCUT2D eigenvalue weighted by atomic mass is 10.2. The first-order valence-corrected chi connectivity index (χ1v) is 6.91. The van der Waals surface area contributed by atoms with Crippen molar-refractivity contribution in [2.24, 2.45) is 0 Å². The average molecular weight is 332 g/mol. The van der Waals surface area contributed by atoms with Crippen LogP contribution in [0.25, 0.3) is 11.1 Å². The standard InChI is InChI=1S/C15H10ClN3O4/c16-10-2-4-13(17-6-10)19-14(20)7-22-15(21)9-1-3-12-11(5-9)18-8-23-12/h1-6,8H,7H2,(H,17,19,20). The van der Waals surface area contributed by atoms with E-state index in [9.17, 15) is 9.59 Å². The summed E-state index contributed by atoms with van der Waals surface area (Å²) >= 11 is 5.70. The van der Waals surface area contributed by atoms with Crippen LogP contribution in [0.1, 0.15) is 10.4 Å². The molecule has 0 bridgehead atoms. The van der Waals surface area contributed by atoms with Gasteiger partial charge in [0.2, 0.25) is 0 Å². The van der Waals surface area contributed by atoms with Crippen LogP contribution in [0.2, 0.25) is 5.02 Å². The number of carbonyl (C=O) groups is 2. The molecule has 3 rings (SSSR count). The number of amides is 1. The second-order valence-corrected chi connectivity index (χ2v) is 4.96. The molecule has 116 valence electrons. The monoisotopic (exact) mass is 331 g/mol. The zero-order valence-corrected chi connectivity index (χ0v) is 12.4. The van der Waals surface area contributed by atoms with Gasteiger partial charge in [-0.2, -0.15) is 0 Å². The van der Waals surface area contributed by atoms with Crippen molar-refractivity contribution in [3.05, 3.63) is 53.5 Å². The fourth-order valence-electron chi connectivity index (χ4n) is 1.83. The number of fused-ring (bicyclic) bond motifs is 1. The molecule has 1 N–H and O–H groups in total. The maximum Gasteiger partial charge on any atom is 0.338 e.